The normalized spacial score (nSPS) is 22.4. The fraction of sp³-hybridized carbons (Fsp3) is 0.571. The van der Waals surface area contributed by atoms with Crippen molar-refractivity contribution in [2.24, 2.45) is 11.3 Å². The number of aryl methyl sites for hydroxylation is 1. The van der Waals surface area contributed by atoms with E-state index in [9.17, 15) is 37.1 Å². The van der Waals surface area contributed by atoms with E-state index in [1.165, 1.54) is 21.6 Å². The number of aromatic nitrogens is 5. The van der Waals surface area contributed by atoms with Crippen molar-refractivity contribution >= 4 is 29.1 Å². The maximum Gasteiger partial charge on any atom is 0.319 e. The fourth-order valence-corrected chi connectivity index (χ4v) is 6.09. The van der Waals surface area contributed by atoms with Gasteiger partial charge in [0.15, 0.2) is 11.1 Å². The Balaban J connectivity index is 1.55. The Morgan fingerprint density at radius 1 is 1.20 bits per heavy atom. The summed E-state index contributed by atoms with van der Waals surface area (Å²) in [5, 5.41) is 23.6. The third-order valence-corrected chi connectivity index (χ3v) is 8.47. The van der Waals surface area contributed by atoms with Crippen molar-refractivity contribution < 1.29 is 37.1 Å². The van der Waals surface area contributed by atoms with Gasteiger partial charge in [0.25, 0.3) is 11.8 Å². The van der Waals surface area contributed by atoms with Crippen LogP contribution in [0.3, 0.4) is 0 Å². The molecule has 1 aliphatic heterocycles. The zero-order valence-electron chi connectivity index (χ0n) is 24.5. The Morgan fingerprint density at radius 3 is 2.55 bits per heavy atom. The summed E-state index contributed by atoms with van der Waals surface area (Å²) in [6.07, 6.45) is 0.728. The lowest BCUT2D eigenvalue weighted by Crippen LogP contribution is -2.59. The SMILES string of the molecule is CCn1nccc1C(=O)N[C@H](c1cn2nc(CC3(C(=O)O)CC(F)(F)CNC3=O)c(N(C)C)cc2n1)C1CCC(F)(F)CC1. The number of aliphatic carboxylic acids is 1. The molecule has 1 saturated heterocycles. The Hall–Kier alpha value is -4.24. The molecule has 5 rings (SSSR count). The predicted octanol–water partition coefficient (Wildman–Crippen LogP) is 3.08. The molecule has 3 N–H and O–H groups in total. The molecule has 1 unspecified atom stereocenters. The number of piperidine rings is 1. The number of nitrogens with zero attached hydrogens (tertiary/aromatic N) is 6. The molecular weight excluding hydrogens is 588 g/mol. The summed E-state index contributed by atoms with van der Waals surface area (Å²) in [5.41, 5.74) is -1.15. The number of carbonyl (C=O) groups excluding carboxylic acids is 2. The van der Waals surface area contributed by atoms with Crippen LogP contribution in [-0.4, -0.2) is 79.8 Å². The zero-order chi connectivity index (χ0) is 32.0. The van der Waals surface area contributed by atoms with Crippen LogP contribution >= 0.6 is 0 Å². The molecule has 1 saturated carbocycles. The van der Waals surface area contributed by atoms with E-state index in [-0.39, 0.29) is 42.9 Å². The summed E-state index contributed by atoms with van der Waals surface area (Å²) in [6, 6.07) is 2.34. The van der Waals surface area contributed by atoms with Gasteiger partial charge in [-0.05, 0) is 31.7 Å². The molecule has 2 amide bonds. The van der Waals surface area contributed by atoms with Crippen LogP contribution in [0.5, 0.6) is 0 Å². The lowest BCUT2D eigenvalue weighted by atomic mass is 9.74. The maximum atomic E-state index is 14.4. The number of rotatable bonds is 9. The number of anilines is 1. The maximum absolute atomic E-state index is 14.4. The quantitative estimate of drug-likeness (QED) is 0.244. The van der Waals surface area contributed by atoms with E-state index in [2.05, 4.69) is 20.5 Å². The summed E-state index contributed by atoms with van der Waals surface area (Å²) < 4.78 is 59.8. The minimum absolute atomic E-state index is 0.0615. The predicted molar refractivity (Wildman–Crippen MR) is 149 cm³/mol. The van der Waals surface area contributed by atoms with Crippen LogP contribution in [0.25, 0.3) is 5.65 Å². The molecular formula is C28H34F4N8O4. The minimum atomic E-state index is -3.44. The Bertz CT molecular complexity index is 1580. The van der Waals surface area contributed by atoms with Crippen molar-refractivity contribution in [2.75, 3.05) is 25.5 Å². The number of amides is 2. The van der Waals surface area contributed by atoms with Crippen molar-refractivity contribution in [3.63, 3.8) is 0 Å². The second-order valence-electron chi connectivity index (χ2n) is 11.8. The van der Waals surface area contributed by atoms with Crippen LogP contribution in [0.15, 0.2) is 24.5 Å². The van der Waals surface area contributed by atoms with Crippen LogP contribution in [0.1, 0.15) is 66.9 Å². The Labute approximate surface area is 249 Å². The standard InChI is InChI=1S/C28H34F4N8O4/c1-4-39-19(7-10-34-39)23(41)36-22(16-5-8-27(29,30)9-6-16)18-13-40-21(35-18)11-20(38(2)3)17(37-40)12-26(25(43)44)14-28(31,32)15-33-24(26)42/h7,10-11,13,16,22H,4-6,8-9,12,14-15H2,1-3H3,(H,33,42)(H,36,41)(H,43,44)/t22-,26?/m0/s1. The number of nitrogens with one attached hydrogen (secondary N) is 2. The highest BCUT2D eigenvalue weighted by Gasteiger charge is 2.57. The first-order chi connectivity index (χ1) is 20.6. The number of fused-ring (bicyclic) bond motifs is 1. The molecule has 16 heteroatoms. The highest BCUT2D eigenvalue weighted by Crippen LogP contribution is 2.43. The summed E-state index contributed by atoms with van der Waals surface area (Å²) in [6.45, 7) is 1.30. The molecule has 44 heavy (non-hydrogen) atoms. The minimum Gasteiger partial charge on any atom is -0.480 e. The monoisotopic (exact) mass is 622 g/mol. The molecule has 3 aromatic rings. The highest BCUT2D eigenvalue weighted by molar-refractivity contribution is 6.03. The molecule has 0 spiro atoms. The van der Waals surface area contributed by atoms with Gasteiger partial charge < -0.3 is 20.6 Å². The molecule has 0 aromatic carbocycles. The molecule has 0 radical (unpaired) electrons. The molecule has 12 nitrogen and oxygen atoms in total. The van der Waals surface area contributed by atoms with Crippen LogP contribution in [0.4, 0.5) is 23.2 Å². The van der Waals surface area contributed by atoms with E-state index < -0.39 is 60.5 Å². The molecule has 1 aliphatic carbocycles. The van der Waals surface area contributed by atoms with Gasteiger partial charge in [-0.3, -0.25) is 19.1 Å². The number of imidazole rings is 1. The van der Waals surface area contributed by atoms with Gasteiger partial charge in [-0.25, -0.2) is 27.1 Å². The van der Waals surface area contributed by atoms with Crippen LogP contribution in [-0.2, 0) is 22.6 Å². The summed E-state index contributed by atoms with van der Waals surface area (Å²) in [4.78, 5) is 44.7. The number of hydrogen-bond acceptors (Lipinski definition) is 7. The molecule has 0 bridgehead atoms. The van der Waals surface area contributed by atoms with E-state index in [1.54, 1.807) is 31.1 Å². The average Bonchev–Trinajstić information content (AvgIpc) is 3.60. The lowest BCUT2D eigenvalue weighted by molar-refractivity contribution is -0.169. The van der Waals surface area contributed by atoms with Gasteiger partial charge in [-0.1, -0.05) is 0 Å². The van der Waals surface area contributed by atoms with Crippen molar-refractivity contribution in [1.29, 1.82) is 0 Å². The first-order valence-electron chi connectivity index (χ1n) is 14.3. The van der Waals surface area contributed by atoms with Crippen LogP contribution in [0, 0.1) is 11.3 Å². The smallest absolute Gasteiger partial charge is 0.319 e. The number of carboxylic acids is 1. The van der Waals surface area contributed by atoms with E-state index in [0.29, 0.717) is 23.6 Å². The van der Waals surface area contributed by atoms with Crippen molar-refractivity contribution in [3.05, 3.63) is 41.6 Å². The summed E-state index contributed by atoms with van der Waals surface area (Å²) in [7, 11) is 3.29. The number of hydrogen-bond donors (Lipinski definition) is 3. The van der Waals surface area contributed by atoms with Gasteiger partial charge in [-0.2, -0.15) is 10.2 Å². The number of alkyl halides is 4. The highest BCUT2D eigenvalue weighted by atomic mass is 19.3. The fourth-order valence-electron chi connectivity index (χ4n) is 6.09. The topological polar surface area (TPSA) is 147 Å². The van der Waals surface area contributed by atoms with E-state index in [1.807, 2.05) is 12.2 Å². The van der Waals surface area contributed by atoms with Gasteiger partial charge in [0, 0.05) is 58.6 Å². The first-order valence-corrected chi connectivity index (χ1v) is 14.3. The number of halogens is 4. The van der Waals surface area contributed by atoms with Gasteiger partial charge in [0.05, 0.1) is 35.9 Å². The summed E-state index contributed by atoms with van der Waals surface area (Å²) in [5.74, 6) is -9.81. The lowest BCUT2D eigenvalue weighted by Gasteiger charge is -2.36. The summed E-state index contributed by atoms with van der Waals surface area (Å²) >= 11 is 0. The molecule has 4 heterocycles. The third kappa shape index (κ3) is 5.93. The second-order valence-corrected chi connectivity index (χ2v) is 11.8. The van der Waals surface area contributed by atoms with Crippen molar-refractivity contribution in [2.45, 2.75) is 69.9 Å². The van der Waals surface area contributed by atoms with Gasteiger partial charge in [0.1, 0.15) is 5.69 Å². The van der Waals surface area contributed by atoms with Gasteiger partial charge >= 0.3 is 5.97 Å². The zero-order valence-corrected chi connectivity index (χ0v) is 24.5. The molecule has 3 aromatic heterocycles. The van der Waals surface area contributed by atoms with Gasteiger partial charge in [-0.15, -0.1) is 0 Å². The van der Waals surface area contributed by atoms with Crippen molar-refractivity contribution in [1.82, 2.24) is 35.0 Å². The third-order valence-electron chi connectivity index (χ3n) is 8.47. The van der Waals surface area contributed by atoms with E-state index in [4.69, 9.17) is 0 Å². The second kappa shape index (κ2) is 11.4. The van der Waals surface area contributed by atoms with Crippen LogP contribution < -0.4 is 15.5 Å². The Morgan fingerprint density at radius 2 is 1.91 bits per heavy atom. The van der Waals surface area contributed by atoms with E-state index >= 15 is 0 Å². The Kier molecular flexibility index (Phi) is 8.05. The molecule has 238 valence electrons. The first kappa shape index (κ1) is 31.2. The van der Waals surface area contributed by atoms with Gasteiger partial charge in [0.2, 0.25) is 11.8 Å². The van der Waals surface area contributed by atoms with Crippen LogP contribution in [0.2, 0.25) is 0 Å². The largest absolute Gasteiger partial charge is 0.480 e. The molecule has 2 aliphatic rings. The molecule has 2 atom stereocenters. The number of carbonyl (C=O) groups is 3. The van der Waals surface area contributed by atoms with Crippen molar-refractivity contribution in [3.8, 4) is 0 Å². The van der Waals surface area contributed by atoms with E-state index in [0.717, 1.165) is 0 Å². The molecule has 2 fully saturated rings. The average molecular weight is 623 g/mol. The number of carboxylic acid groups (broad SMARTS) is 1.